The van der Waals surface area contributed by atoms with E-state index in [1.54, 1.807) is 6.20 Å². The highest BCUT2D eigenvalue weighted by molar-refractivity contribution is 5.74. The number of carbonyl (C=O) groups excluding carboxylic acids is 1. The summed E-state index contributed by atoms with van der Waals surface area (Å²) in [7, 11) is 0. The number of urea groups is 1. The van der Waals surface area contributed by atoms with Crippen molar-refractivity contribution in [1.82, 2.24) is 20.8 Å². The molecule has 0 bridgehead atoms. The van der Waals surface area contributed by atoms with E-state index in [1.807, 2.05) is 13.0 Å². The van der Waals surface area contributed by atoms with Crippen molar-refractivity contribution in [3.05, 3.63) is 18.0 Å². The van der Waals surface area contributed by atoms with Crippen LogP contribution in [0.25, 0.3) is 0 Å². The summed E-state index contributed by atoms with van der Waals surface area (Å²) in [6, 6.07) is 1.69. The van der Waals surface area contributed by atoms with Crippen LogP contribution in [0.3, 0.4) is 0 Å². The maximum atomic E-state index is 11.6. The molecule has 94 valence electrons. The standard InChI is InChI=1S/C11H18N4O2/c1-8(10-3-2-6-17-10)14-11(16)12-7-9-4-5-13-15-9/h4-5,8,10H,2-3,6-7H2,1H3,(H,13,15)(H2,12,14,16)/t8-,10-/m0/s1. The first-order chi connectivity index (χ1) is 8.25. The fourth-order valence-corrected chi connectivity index (χ4v) is 1.91. The summed E-state index contributed by atoms with van der Waals surface area (Å²) in [6.45, 7) is 3.21. The largest absolute Gasteiger partial charge is 0.376 e. The molecule has 0 spiro atoms. The molecular formula is C11H18N4O2. The molecule has 2 rings (SSSR count). The first-order valence-corrected chi connectivity index (χ1v) is 5.90. The van der Waals surface area contributed by atoms with Gasteiger partial charge in [-0.3, -0.25) is 5.10 Å². The average molecular weight is 238 g/mol. The zero-order valence-corrected chi connectivity index (χ0v) is 9.90. The van der Waals surface area contributed by atoms with Crippen molar-refractivity contribution < 1.29 is 9.53 Å². The van der Waals surface area contributed by atoms with E-state index in [0.717, 1.165) is 25.1 Å². The molecule has 6 heteroatoms. The second-order valence-corrected chi connectivity index (χ2v) is 4.25. The summed E-state index contributed by atoms with van der Waals surface area (Å²) < 4.78 is 5.51. The monoisotopic (exact) mass is 238 g/mol. The highest BCUT2D eigenvalue weighted by Crippen LogP contribution is 2.15. The molecule has 2 amide bonds. The van der Waals surface area contributed by atoms with Gasteiger partial charge >= 0.3 is 6.03 Å². The Morgan fingerprint density at radius 1 is 1.76 bits per heavy atom. The smallest absolute Gasteiger partial charge is 0.315 e. The van der Waals surface area contributed by atoms with Crippen LogP contribution in [0.15, 0.2) is 12.3 Å². The van der Waals surface area contributed by atoms with Gasteiger partial charge in [-0.15, -0.1) is 0 Å². The van der Waals surface area contributed by atoms with Gasteiger partial charge in [0.15, 0.2) is 0 Å². The lowest BCUT2D eigenvalue weighted by molar-refractivity contribution is 0.0860. The van der Waals surface area contributed by atoms with E-state index in [4.69, 9.17) is 4.74 Å². The second kappa shape index (κ2) is 5.67. The van der Waals surface area contributed by atoms with Gasteiger partial charge in [-0.25, -0.2) is 4.79 Å². The highest BCUT2D eigenvalue weighted by atomic mass is 16.5. The van der Waals surface area contributed by atoms with Crippen LogP contribution in [0.2, 0.25) is 0 Å². The number of hydrogen-bond acceptors (Lipinski definition) is 3. The zero-order valence-electron chi connectivity index (χ0n) is 9.90. The number of amides is 2. The molecule has 0 radical (unpaired) electrons. The topological polar surface area (TPSA) is 79.0 Å². The van der Waals surface area contributed by atoms with Crippen LogP contribution in [0, 0.1) is 0 Å². The fraction of sp³-hybridized carbons (Fsp3) is 0.636. The highest BCUT2D eigenvalue weighted by Gasteiger charge is 2.23. The summed E-state index contributed by atoms with van der Waals surface area (Å²) in [6.07, 6.45) is 3.89. The van der Waals surface area contributed by atoms with Crippen LogP contribution < -0.4 is 10.6 Å². The van der Waals surface area contributed by atoms with Gasteiger partial charge in [0.05, 0.1) is 24.4 Å². The van der Waals surface area contributed by atoms with E-state index < -0.39 is 0 Å². The molecule has 3 N–H and O–H groups in total. The minimum absolute atomic E-state index is 0.0410. The van der Waals surface area contributed by atoms with Crippen molar-refractivity contribution in [2.75, 3.05) is 6.61 Å². The first-order valence-electron chi connectivity index (χ1n) is 5.90. The van der Waals surface area contributed by atoms with Gasteiger partial charge in [0, 0.05) is 12.8 Å². The molecule has 2 atom stereocenters. The molecule has 0 aliphatic carbocycles. The Labute approximate surface area is 100 Å². The van der Waals surface area contributed by atoms with Crippen LogP contribution >= 0.6 is 0 Å². The van der Waals surface area contributed by atoms with E-state index >= 15 is 0 Å². The number of nitrogens with one attached hydrogen (secondary N) is 3. The normalized spacial score (nSPS) is 21.1. The molecule has 1 aromatic rings. The van der Waals surface area contributed by atoms with Gasteiger partial charge < -0.3 is 15.4 Å². The lowest BCUT2D eigenvalue weighted by Gasteiger charge is -2.20. The maximum absolute atomic E-state index is 11.6. The Balaban J connectivity index is 1.69. The minimum atomic E-state index is -0.178. The van der Waals surface area contributed by atoms with E-state index in [-0.39, 0.29) is 18.2 Å². The lowest BCUT2D eigenvalue weighted by Crippen LogP contribution is -2.45. The molecule has 6 nitrogen and oxygen atoms in total. The fourth-order valence-electron chi connectivity index (χ4n) is 1.91. The van der Waals surface area contributed by atoms with Crippen molar-refractivity contribution in [2.45, 2.75) is 38.5 Å². The SMILES string of the molecule is C[C@H](NC(=O)NCc1ccn[nH]1)[C@@H]1CCCO1. The Hall–Kier alpha value is -1.56. The number of hydrogen-bond donors (Lipinski definition) is 3. The summed E-state index contributed by atoms with van der Waals surface area (Å²) in [5.41, 5.74) is 0.880. The summed E-state index contributed by atoms with van der Waals surface area (Å²) in [5, 5.41) is 12.2. The van der Waals surface area contributed by atoms with Crippen molar-refractivity contribution >= 4 is 6.03 Å². The van der Waals surface area contributed by atoms with E-state index in [1.165, 1.54) is 0 Å². The Kier molecular flexibility index (Phi) is 3.98. The number of aromatic amines is 1. The third-order valence-corrected chi connectivity index (χ3v) is 2.88. The zero-order chi connectivity index (χ0) is 12.1. The molecule has 0 saturated carbocycles. The van der Waals surface area contributed by atoms with Crippen molar-refractivity contribution in [3.63, 3.8) is 0 Å². The Morgan fingerprint density at radius 3 is 3.29 bits per heavy atom. The molecule has 17 heavy (non-hydrogen) atoms. The van der Waals surface area contributed by atoms with Crippen LogP contribution in [0.5, 0.6) is 0 Å². The molecule has 1 aliphatic heterocycles. The molecule has 0 aromatic carbocycles. The number of carbonyl (C=O) groups is 1. The van der Waals surface area contributed by atoms with E-state index in [9.17, 15) is 4.79 Å². The van der Waals surface area contributed by atoms with Gasteiger partial charge in [0.25, 0.3) is 0 Å². The third kappa shape index (κ3) is 3.45. The molecule has 1 aromatic heterocycles. The number of rotatable bonds is 4. The van der Waals surface area contributed by atoms with Crippen LogP contribution in [-0.2, 0) is 11.3 Å². The number of ether oxygens (including phenoxy) is 1. The predicted molar refractivity (Wildman–Crippen MR) is 62.4 cm³/mol. The second-order valence-electron chi connectivity index (χ2n) is 4.25. The predicted octanol–water partition coefficient (Wildman–Crippen LogP) is 0.776. The van der Waals surface area contributed by atoms with Gasteiger partial charge in [0.1, 0.15) is 0 Å². The van der Waals surface area contributed by atoms with Crippen molar-refractivity contribution in [3.8, 4) is 0 Å². The average Bonchev–Trinajstić information content (AvgIpc) is 2.99. The first kappa shape index (κ1) is 11.9. The quantitative estimate of drug-likeness (QED) is 0.725. The molecule has 1 aliphatic rings. The van der Waals surface area contributed by atoms with Crippen LogP contribution in [0.4, 0.5) is 4.79 Å². The van der Waals surface area contributed by atoms with Gasteiger partial charge in [0.2, 0.25) is 0 Å². The summed E-state index contributed by atoms with van der Waals surface area (Å²) in [4.78, 5) is 11.6. The van der Waals surface area contributed by atoms with Crippen LogP contribution in [-0.4, -0.2) is 35.0 Å². The number of aromatic nitrogens is 2. The van der Waals surface area contributed by atoms with Crippen molar-refractivity contribution in [1.29, 1.82) is 0 Å². The summed E-state index contributed by atoms with van der Waals surface area (Å²) in [5.74, 6) is 0. The number of H-pyrrole nitrogens is 1. The van der Waals surface area contributed by atoms with Gasteiger partial charge in [-0.2, -0.15) is 5.10 Å². The molecule has 1 saturated heterocycles. The van der Waals surface area contributed by atoms with E-state index in [0.29, 0.717) is 6.54 Å². The maximum Gasteiger partial charge on any atom is 0.315 e. The minimum Gasteiger partial charge on any atom is -0.376 e. The Bertz CT molecular complexity index is 346. The van der Waals surface area contributed by atoms with Crippen molar-refractivity contribution in [2.24, 2.45) is 0 Å². The lowest BCUT2D eigenvalue weighted by atomic mass is 10.1. The summed E-state index contributed by atoms with van der Waals surface area (Å²) >= 11 is 0. The molecule has 1 fully saturated rings. The Morgan fingerprint density at radius 2 is 2.65 bits per heavy atom. The molecule has 0 unspecified atom stereocenters. The van der Waals surface area contributed by atoms with Gasteiger partial charge in [-0.1, -0.05) is 0 Å². The molecule has 2 heterocycles. The van der Waals surface area contributed by atoms with Gasteiger partial charge in [-0.05, 0) is 25.8 Å². The number of nitrogens with zero attached hydrogens (tertiary/aromatic N) is 1. The molecular weight excluding hydrogens is 220 g/mol. The van der Waals surface area contributed by atoms with E-state index in [2.05, 4.69) is 20.8 Å². The van der Waals surface area contributed by atoms with Crippen LogP contribution in [0.1, 0.15) is 25.5 Å². The third-order valence-electron chi connectivity index (χ3n) is 2.88.